The van der Waals surface area contributed by atoms with Crippen molar-refractivity contribution in [2.45, 2.75) is 27.2 Å². The summed E-state index contributed by atoms with van der Waals surface area (Å²) in [5.41, 5.74) is 0. The van der Waals surface area contributed by atoms with Crippen LogP contribution in [0, 0.1) is 0 Å². The maximum absolute atomic E-state index is 10.9. The molecule has 4 nitrogen and oxygen atoms in total. The molecule has 1 heterocycles. The normalized spacial score (nSPS) is 17.5. The van der Waals surface area contributed by atoms with Gasteiger partial charge in [-0.25, -0.2) is 0 Å². The van der Waals surface area contributed by atoms with Crippen molar-refractivity contribution in [1.29, 1.82) is 0 Å². The van der Waals surface area contributed by atoms with Gasteiger partial charge in [0.1, 0.15) is 0 Å². The first-order valence-corrected chi connectivity index (χ1v) is 6.27. The third kappa shape index (κ3) is 6.08. The maximum Gasteiger partial charge on any atom is 0.306 e. The van der Waals surface area contributed by atoms with Gasteiger partial charge in [0.2, 0.25) is 0 Å². The molecule has 0 unspecified atom stereocenters. The third-order valence-corrected chi connectivity index (χ3v) is 2.77. The van der Waals surface area contributed by atoms with Gasteiger partial charge in [-0.15, -0.1) is 0 Å². The van der Waals surface area contributed by atoms with Crippen LogP contribution in [0.1, 0.15) is 27.2 Å². The van der Waals surface area contributed by atoms with E-state index in [1.54, 1.807) is 0 Å². The Hall–Kier alpha value is -0.610. The third-order valence-electron chi connectivity index (χ3n) is 2.77. The molecule has 0 saturated carbocycles. The van der Waals surface area contributed by atoms with E-state index in [-0.39, 0.29) is 5.97 Å². The lowest BCUT2D eigenvalue weighted by Gasteiger charge is -2.33. The van der Waals surface area contributed by atoms with Crippen molar-refractivity contribution in [3.8, 4) is 0 Å². The summed E-state index contributed by atoms with van der Waals surface area (Å²) in [6, 6.07) is 0. The fourth-order valence-corrected chi connectivity index (χ4v) is 1.68. The molecule has 0 aliphatic carbocycles. The minimum atomic E-state index is -0.108. The molecule has 0 amide bonds. The molecule has 0 spiro atoms. The Bertz CT molecular complexity index is 178. The molecular weight excluding hydrogens is 204 g/mol. The average molecular weight is 230 g/mol. The molecule has 0 bridgehead atoms. The zero-order valence-electron chi connectivity index (χ0n) is 11.2. The van der Waals surface area contributed by atoms with Gasteiger partial charge in [-0.1, -0.05) is 20.8 Å². The second kappa shape index (κ2) is 9.60. The number of likely N-dealkylation sites (N-methyl/N-ethyl adjacent to an activating group) is 1. The highest BCUT2D eigenvalue weighted by Crippen LogP contribution is 2.02. The quantitative estimate of drug-likeness (QED) is 0.680. The minimum Gasteiger partial charge on any atom is -0.469 e. The summed E-state index contributed by atoms with van der Waals surface area (Å²) in [5, 5.41) is 0. The van der Waals surface area contributed by atoms with Gasteiger partial charge in [-0.3, -0.25) is 4.79 Å². The molecule has 96 valence electrons. The molecule has 0 aromatic rings. The topological polar surface area (TPSA) is 32.8 Å². The van der Waals surface area contributed by atoms with Gasteiger partial charge in [0.15, 0.2) is 0 Å². The first kappa shape index (κ1) is 15.4. The number of nitrogens with zero attached hydrogens (tertiary/aromatic N) is 2. The second-order valence-electron chi connectivity index (χ2n) is 3.60. The Labute approximate surface area is 99.5 Å². The number of carbonyl (C=O) groups excluding carboxylic acids is 1. The molecule has 1 aliphatic heterocycles. The van der Waals surface area contributed by atoms with Crippen LogP contribution < -0.4 is 0 Å². The van der Waals surface area contributed by atoms with Crippen LogP contribution >= 0.6 is 0 Å². The lowest BCUT2D eigenvalue weighted by molar-refractivity contribution is -0.141. The van der Waals surface area contributed by atoms with Gasteiger partial charge in [-0.05, 0) is 6.54 Å². The van der Waals surface area contributed by atoms with Crippen molar-refractivity contribution >= 4 is 5.97 Å². The van der Waals surface area contributed by atoms with Crippen LogP contribution in [0.4, 0.5) is 0 Å². The summed E-state index contributed by atoms with van der Waals surface area (Å²) in [4.78, 5) is 15.7. The van der Waals surface area contributed by atoms with Crippen LogP contribution in [0.5, 0.6) is 0 Å². The van der Waals surface area contributed by atoms with Crippen molar-refractivity contribution in [2.75, 3.05) is 46.4 Å². The van der Waals surface area contributed by atoms with Crippen molar-refractivity contribution in [2.24, 2.45) is 0 Å². The molecule has 16 heavy (non-hydrogen) atoms. The van der Waals surface area contributed by atoms with E-state index in [2.05, 4.69) is 21.5 Å². The van der Waals surface area contributed by atoms with Crippen LogP contribution in [0.2, 0.25) is 0 Å². The van der Waals surface area contributed by atoms with E-state index >= 15 is 0 Å². The van der Waals surface area contributed by atoms with Crippen molar-refractivity contribution in [3.63, 3.8) is 0 Å². The van der Waals surface area contributed by atoms with Crippen molar-refractivity contribution in [3.05, 3.63) is 0 Å². The zero-order valence-corrected chi connectivity index (χ0v) is 11.2. The number of methoxy groups -OCH3 is 1. The molecule has 4 heteroatoms. The highest BCUT2D eigenvalue weighted by molar-refractivity contribution is 5.69. The summed E-state index contributed by atoms with van der Waals surface area (Å²) >= 11 is 0. The molecule has 1 aliphatic rings. The van der Waals surface area contributed by atoms with Gasteiger partial charge >= 0.3 is 5.97 Å². The number of hydrogen-bond acceptors (Lipinski definition) is 4. The van der Waals surface area contributed by atoms with Gasteiger partial charge in [-0.2, -0.15) is 0 Å². The van der Waals surface area contributed by atoms with Gasteiger partial charge in [0.05, 0.1) is 13.5 Å². The van der Waals surface area contributed by atoms with Crippen LogP contribution in [-0.2, 0) is 9.53 Å². The van der Waals surface area contributed by atoms with E-state index in [0.717, 1.165) is 39.3 Å². The van der Waals surface area contributed by atoms with E-state index in [9.17, 15) is 4.79 Å². The predicted molar refractivity (Wildman–Crippen MR) is 66.5 cm³/mol. The summed E-state index contributed by atoms with van der Waals surface area (Å²) < 4.78 is 4.61. The summed E-state index contributed by atoms with van der Waals surface area (Å²) in [6.45, 7) is 12.5. The number of ether oxygens (including phenoxy) is 1. The van der Waals surface area contributed by atoms with Gasteiger partial charge in [0, 0.05) is 32.7 Å². The number of rotatable bonds is 4. The Balaban J connectivity index is 0.00000106. The Morgan fingerprint density at radius 2 is 1.62 bits per heavy atom. The largest absolute Gasteiger partial charge is 0.469 e. The summed E-state index contributed by atoms with van der Waals surface area (Å²) in [5.74, 6) is -0.108. The van der Waals surface area contributed by atoms with E-state index < -0.39 is 0 Å². The van der Waals surface area contributed by atoms with Crippen LogP contribution in [0.25, 0.3) is 0 Å². The average Bonchev–Trinajstić information content (AvgIpc) is 2.38. The van der Waals surface area contributed by atoms with Crippen molar-refractivity contribution < 1.29 is 9.53 Å². The first-order valence-electron chi connectivity index (χ1n) is 6.27. The lowest BCUT2D eigenvalue weighted by Crippen LogP contribution is -2.46. The summed E-state index contributed by atoms with van der Waals surface area (Å²) in [7, 11) is 1.44. The smallest absolute Gasteiger partial charge is 0.306 e. The number of piperazine rings is 1. The highest BCUT2D eigenvalue weighted by Gasteiger charge is 2.15. The standard InChI is InChI=1S/C10H20N2O2.C2H6/c1-3-11-6-8-12(9-7-11)5-4-10(13)14-2;1-2/h3-9H2,1-2H3;1-2H3. The predicted octanol–water partition coefficient (Wildman–Crippen LogP) is 1.21. The Morgan fingerprint density at radius 3 is 2.06 bits per heavy atom. The Kier molecular flexibility index (Phi) is 9.24. The number of carbonyl (C=O) groups is 1. The Morgan fingerprint density at radius 1 is 1.12 bits per heavy atom. The lowest BCUT2D eigenvalue weighted by atomic mass is 10.3. The van der Waals surface area contributed by atoms with Crippen LogP contribution in [0.3, 0.4) is 0 Å². The maximum atomic E-state index is 10.9. The molecule has 1 rings (SSSR count). The molecule has 0 N–H and O–H groups in total. The second-order valence-corrected chi connectivity index (χ2v) is 3.60. The number of esters is 1. The van der Waals surface area contributed by atoms with E-state index in [0.29, 0.717) is 6.42 Å². The van der Waals surface area contributed by atoms with Gasteiger partial charge < -0.3 is 14.5 Å². The summed E-state index contributed by atoms with van der Waals surface area (Å²) in [6.07, 6.45) is 0.516. The monoisotopic (exact) mass is 230 g/mol. The fraction of sp³-hybridized carbons (Fsp3) is 0.917. The molecular formula is C12H26N2O2. The number of hydrogen-bond donors (Lipinski definition) is 0. The molecule has 0 aromatic heterocycles. The van der Waals surface area contributed by atoms with Crippen LogP contribution in [0.15, 0.2) is 0 Å². The van der Waals surface area contributed by atoms with Crippen molar-refractivity contribution in [1.82, 2.24) is 9.80 Å². The van der Waals surface area contributed by atoms with Crippen LogP contribution in [-0.4, -0.2) is 62.1 Å². The van der Waals surface area contributed by atoms with Gasteiger partial charge in [0.25, 0.3) is 0 Å². The minimum absolute atomic E-state index is 0.108. The molecule has 0 aromatic carbocycles. The fourth-order valence-electron chi connectivity index (χ4n) is 1.68. The van der Waals surface area contributed by atoms with E-state index in [1.807, 2.05) is 13.8 Å². The molecule has 0 radical (unpaired) electrons. The highest BCUT2D eigenvalue weighted by atomic mass is 16.5. The molecule has 1 fully saturated rings. The first-order chi connectivity index (χ1) is 7.76. The zero-order chi connectivity index (χ0) is 12.4. The molecule has 1 saturated heterocycles. The van der Waals surface area contributed by atoms with E-state index in [1.165, 1.54) is 7.11 Å². The SMILES string of the molecule is CC.CCN1CCN(CCC(=O)OC)CC1. The molecule has 0 atom stereocenters. The van der Waals surface area contributed by atoms with E-state index in [4.69, 9.17) is 0 Å².